The molecule has 0 bridgehead atoms. The standard InChI is InChI=1S/C8H12ClN3/c1-5(11-2)6-3-4-7(9)12-8(6)10/h3-5,11H,1-2H3,(H2,10,12)/t5-/m1/s1. The van der Waals surface area contributed by atoms with Crippen molar-refractivity contribution in [3.63, 3.8) is 0 Å². The van der Waals surface area contributed by atoms with Crippen molar-refractivity contribution in [1.29, 1.82) is 0 Å². The SMILES string of the molecule is CN[C@H](C)c1ccc(Cl)nc1N. The highest BCUT2D eigenvalue weighted by molar-refractivity contribution is 6.29. The number of nitrogens with two attached hydrogens (primary N) is 1. The van der Waals surface area contributed by atoms with Crippen molar-refractivity contribution in [3.8, 4) is 0 Å². The number of nitrogens with one attached hydrogen (secondary N) is 1. The minimum absolute atomic E-state index is 0.203. The van der Waals surface area contributed by atoms with Crippen LogP contribution < -0.4 is 11.1 Å². The lowest BCUT2D eigenvalue weighted by Crippen LogP contribution is -2.14. The van der Waals surface area contributed by atoms with E-state index in [4.69, 9.17) is 17.3 Å². The van der Waals surface area contributed by atoms with Gasteiger partial charge in [-0.15, -0.1) is 0 Å². The fourth-order valence-corrected chi connectivity index (χ4v) is 1.14. The molecule has 0 radical (unpaired) electrons. The van der Waals surface area contributed by atoms with Crippen molar-refractivity contribution in [2.75, 3.05) is 12.8 Å². The molecule has 0 aliphatic rings. The molecule has 12 heavy (non-hydrogen) atoms. The van der Waals surface area contributed by atoms with Gasteiger partial charge in [-0.1, -0.05) is 17.7 Å². The minimum Gasteiger partial charge on any atom is -0.383 e. The second-order valence-corrected chi connectivity index (χ2v) is 3.01. The summed E-state index contributed by atoms with van der Waals surface area (Å²) in [6.07, 6.45) is 0. The largest absolute Gasteiger partial charge is 0.383 e. The van der Waals surface area contributed by atoms with Gasteiger partial charge in [-0.05, 0) is 20.0 Å². The maximum Gasteiger partial charge on any atom is 0.131 e. The lowest BCUT2D eigenvalue weighted by molar-refractivity contribution is 0.652. The van der Waals surface area contributed by atoms with Crippen LogP contribution in [0.3, 0.4) is 0 Å². The average Bonchev–Trinajstić information content (AvgIpc) is 2.03. The molecule has 1 rings (SSSR count). The zero-order chi connectivity index (χ0) is 9.14. The zero-order valence-corrected chi connectivity index (χ0v) is 7.89. The van der Waals surface area contributed by atoms with E-state index in [0.717, 1.165) is 5.56 Å². The van der Waals surface area contributed by atoms with Gasteiger partial charge in [-0.3, -0.25) is 0 Å². The van der Waals surface area contributed by atoms with Crippen molar-refractivity contribution >= 4 is 17.4 Å². The molecule has 0 amide bonds. The van der Waals surface area contributed by atoms with E-state index in [1.165, 1.54) is 0 Å². The molecule has 1 heterocycles. The maximum atomic E-state index is 5.66. The van der Waals surface area contributed by atoms with Gasteiger partial charge in [0, 0.05) is 11.6 Å². The Bertz CT molecular complexity index is 275. The molecular weight excluding hydrogens is 174 g/mol. The van der Waals surface area contributed by atoms with Gasteiger partial charge in [0.05, 0.1) is 0 Å². The third-order valence-electron chi connectivity index (χ3n) is 1.82. The first-order chi connectivity index (χ1) is 5.65. The predicted octanol–water partition coefficient (Wildman–Crippen LogP) is 1.60. The Morgan fingerprint density at radius 1 is 1.58 bits per heavy atom. The summed E-state index contributed by atoms with van der Waals surface area (Å²) in [6, 6.07) is 3.82. The fourth-order valence-electron chi connectivity index (χ4n) is 0.982. The van der Waals surface area contributed by atoms with Gasteiger partial charge in [0.1, 0.15) is 11.0 Å². The van der Waals surface area contributed by atoms with E-state index >= 15 is 0 Å². The molecule has 0 spiro atoms. The highest BCUT2D eigenvalue weighted by atomic mass is 35.5. The Labute approximate surface area is 76.9 Å². The van der Waals surface area contributed by atoms with E-state index in [1.54, 1.807) is 6.07 Å². The number of pyridine rings is 1. The van der Waals surface area contributed by atoms with Gasteiger partial charge < -0.3 is 11.1 Å². The van der Waals surface area contributed by atoms with Crippen molar-refractivity contribution in [1.82, 2.24) is 10.3 Å². The number of nitrogens with zero attached hydrogens (tertiary/aromatic N) is 1. The molecule has 1 aromatic rings. The molecule has 0 aliphatic heterocycles. The van der Waals surface area contributed by atoms with E-state index in [2.05, 4.69) is 10.3 Å². The van der Waals surface area contributed by atoms with Gasteiger partial charge >= 0.3 is 0 Å². The van der Waals surface area contributed by atoms with Gasteiger partial charge in [0.15, 0.2) is 0 Å². The summed E-state index contributed by atoms with van der Waals surface area (Å²) in [6.45, 7) is 2.02. The Morgan fingerprint density at radius 3 is 2.75 bits per heavy atom. The molecule has 1 atom stereocenters. The molecule has 4 heteroatoms. The van der Waals surface area contributed by atoms with Crippen LogP contribution in [0.25, 0.3) is 0 Å². The quantitative estimate of drug-likeness (QED) is 0.689. The predicted molar refractivity (Wildman–Crippen MR) is 51.1 cm³/mol. The highest BCUT2D eigenvalue weighted by Crippen LogP contribution is 2.19. The summed E-state index contributed by atoms with van der Waals surface area (Å²) in [5.74, 6) is 0.490. The highest BCUT2D eigenvalue weighted by Gasteiger charge is 2.07. The molecule has 0 fully saturated rings. The summed E-state index contributed by atoms with van der Waals surface area (Å²) in [7, 11) is 1.87. The van der Waals surface area contributed by atoms with Gasteiger partial charge in [-0.25, -0.2) is 4.98 Å². The van der Waals surface area contributed by atoms with Crippen LogP contribution >= 0.6 is 11.6 Å². The first-order valence-corrected chi connectivity index (χ1v) is 4.12. The number of anilines is 1. The Morgan fingerprint density at radius 2 is 2.25 bits per heavy atom. The molecule has 0 aromatic carbocycles. The summed E-state index contributed by atoms with van der Waals surface area (Å²) in [5, 5.41) is 3.51. The summed E-state index contributed by atoms with van der Waals surface area (Å²) in [5.41, 5.74) is 6.64. The second-order valence-electron chi connectivity index (χ2n) is 2.62. The van der Waals surface area contributed by atoms with Crippen LogP contribution in [-0.2, 0) is 0 Å². The van der Waals surface area contributed by atoms with Gasteiger partial charge in [0.25, 0.3) is 0 Å². The zero-order valence-electron chi connectivity index (χ0n) is 7.13. The van der Waals surface area contributed by atoms with Crippen molar-refractivity contribution < 1.29 is 0 Å². The van der Waals surface area contributed by atoms with Gasteiger partial charge in [0.2, 0.25) is 0 Å². The smallest absolute Gasteiger partial charge is 0.131 e. The topological polar surface area (TPSA) is 50.9 Å². The molecule has 0 saturated heterocycles. The Kier molecular flexibility index (Phi) is 2.89. The maximum absolute atomic E-state index is 5.66. The van der Waals surface area contributed by atoms with Crippen LogP contribution in [-0.4, -0.2) is 12.0 Å². The molecular formula is C8H12ClN3. The molecule has 0 saturated carbocycles. The Hall–Kier alpha value is -0.800. The van der Waals surface area contributed by atoms with Gasteiger partial charge in [-0.2, -0.15) is 0 Å². The number of rotatable bonds is 2. The molecule has 3 nitrogen and oxygen atoms in total. The van der Waals surface area contributed by atoms with Crippen LogP contribution in [0.2, 0.25) is 5.15 Å². The van der Waals surface area contributed by atoms with E-state index in [1.807, 2.05) is 20.0 Å². The van der Waals surface area contributed by atoms with Crippen LogP contribution in [0, 0.1) is 0 Å². The van der Waals surface area contributed by atoms with Crippen LogP contribution in [0.1, 0.15) is 18.5 Å². The van der Waals surface area contributed by atoms with E-state index in [9.17, 15) is 0 Å². The Balaban J connectivity index is 3.01. The normalized spacial score (nSPS) is 12.9. The molecule has 1 aromatic heterocycles. The third-order valence-corrected chi connectivity index (χ3v) is 2.03. The van der Waals surface area contributed by atoms with E-state index in [-0.39, 0.29) is 6.04 Å². The number of halogens is 1. The number of hydrogen-bond donors (Lipinski definition) is 2. The fraction of sp³-hybridized carbons (Fsp3) is 0.375. The van der Waals surface area contributed by atoms with Crippen molar-refractivity contribution in [2.45, 2.75) is 13.0 Å². The summed E-state index contributed by atoms with van der Waals surface area (Å²) < 4.78 is 0. The average molecular weight is 186 g/mol. The lowest BCUT2D eigenvalue weighted by Gasteiger charge is -2.11. The van der Waals surface area contributed by atoms with Crippen LogP contribution in [0.5, 0.6) is 0 Å². The minimum atomic E-state index is 0.203. The second kappa shape index (κ2) is 3.74. The number of aromatic nitrogens is 1. The summed E-state index contributed by atoms with van der Waals surface area (Å²) in [4.78, 5) is 3.95. The van der Waals surface area contributed by atoms with E-state index in [0.29, 0.717) is 11.0 Å². The van der Waals surface area contributed by atoms with Crippen LogP contribution in [0.4, 0.5) is 5.82 Å². The first kappa shape index (κ1) is 9.29. The van der Waals surface area contributed by atoms with Crippen molar-refractivity contribution in [2.24, 2.45) is 0 Å². The number of hydrogen-bond acceptors (Lipinski definition) is 3. The molecule has 0 unspecified atom stereocenters. The van der Waals surface area contributed by atoms with Crippen molar-refractivity contribution in [3.05, 3.63) is 22.8 Å². The number of nitrogen functional groups attached to an aromatic ring is 1. The van der Waals surface area contributed by atoms with E-state index < -0.39 is 0 Å². The monoisotopic (exact) mass is 185 g/mol. The summed E-state index contributed by atoms with van der Waals surface area (Å²) >= 11 is 5.65. The van der Waals surface area contributed by atoms with Crippen LogP contribution in [0.15, 0.2) is 12.1 Å². The molecule has 66 valence electrons. The first-order valence-electron chi connectivity index (χ1n) is 3.74. The third kappa shape index (κ3) is 1.87. The lowest BCUT2D eigenvalue weighted by atomic mass is 10.1. The molecule has 3 N–H and O–H groups in total. The molecule has 0 aliphatic carbocycles.